The number of nitrogens with zero attached hydrogens (tertiary/aromatic N) is 4. The summed E-state index contributed by atoms with van der Waals surface area (Å²) in [5.74, 6) is -1.21. The van der Waals surface area contributed by atoms with Crippen LogP contribution in [0.4, 0.5) is 31.5 Å². The molecular formula is C28H24F6N6O6S2. The van der Waals surface area contributed by atoms with E-state index in [2.05, 4.69) is 29.7 Å². The first kappa shape index (κ1) is 33.5. The summed E-state index contributed by atoms with van der Waals surface area (Å²) in [7, 11) is -4.47. The Morgan fingerprint density at radius 1 is 0.938 bits per heavy atom. The van der Waals surface area contributed by atoms with Gasteiger partial charge in [0.25, 0.3) is 5.56 Å². The largest absolute Gasteiger partial charge is 0.573 e. The van der Waals surface area contributed by atoms with Crippen LogP contribution in [0.1, 0.15) is 30.1 Å². The highest BCUT2D eigenvalue weighted by Crippen LogP contribution is 2.38. The molecule has 48 heavy (non-hydrogen) atoms. The smallest absolute Gasteiger partial charge is 0.406 e. The average Bonchev–Trinajstić information content (AvgIpc) is 3.77. The number of piperazine rings is 1. The van der Waals surface area contributed by atoms with Gasteiger partial charge < -0.3 is 24.7 Å². The Morgan fingerprint density at radius 3 is 2.12 bits per heavy atom. The summed E-state index contributed by atoms with van der Waals surface area (Å²) in [6.07, 6.45) is -8.11. The summed E-state index contributed by atoms with van der Waals surface area (Å²) in [6.45, 7) is -0.640. The van der Waals surface area contributed by atoms with E-state index in [0.29, 0.717) is 16.5 Å². The number of benzene rings is 2. The predicted molar refractivity (Wildman–Crippen MR) is 158 cm³/mol. The maximum absolute atomic E-state index is 13.8. The van der Waals surface area contributed by atoms with E-state index >= 15 is 0 Å². The van der Waals surface area contributed by atoms with Gasteiger partial charge in [0.05, 0.1) is 4.90 Å². The molecule has 2 fully saturated rings. The number of hydrogen-bond acceptors (Lipinski definition) is 10. The van der Waals surface area contributed by atoms with Crippen LogP contribution < -0.4 is 25.2 Å². The van der Waals surface area contributed by atoms with Crippen molar-refractivity contribution in [1.29, 1.82) is 0 Å². The third kappa shape index (κ3) is 7.65. The van der Waals surface area contributed by atoms with Crippen LogP contribution in [0, 0.1) is 0 Å². The van der Waals surface area contributed by atoms with Crippen molar-refractivity contribution in [3.05, 3.63) is 70.3 Å². The number of thiazole rings is 1. The van der Waals surface area contributed by atoms with E-state index in [9.17, 15) is 44.3 Å². The zero-order valence-corrected chi connectivity index (χ0v) is 26.0. The number of sulfonamides is 1. The van der Waals surface area contributed by atoms with Gasteiger partial charge in [-0.25, -0.2) is 13.4 Å². The van der Waals surface area contributed by atoms with Gasteiger partial charge in [-0.1, -0.05) is 23.5 Å². The van der Waals surface area contributed by atoms with Crippen LogP contribution in [0.25, 0.3) is 10.3 Å². The number of hydrogen-bond donors (Lipinski definition) is 2. The molecule has 0 radical (unpaired) electrons. The summed E-state index contributed by atoms with van der Waals surface area (Å²) in [4.78, 5) is 39.3. The van der Waals surface area contributed by atoms with Crippen LogP contribution in [0.5, 0.6) is 11.5 Å². The molecule has 2 aromatic carbocycles. The Morgan fingerprint density at radius 2 is 1.54 bits per heavy atom. The first-order valence-corrected chi connectivity index (χ1v) is 16.5. The molecule has 1 aliphatic heterocycles. The van der Waals surface area contributed by atoms with Gasteiger partial charge in [0, 0.05) is 32.1 Å². The lowest BCUT2D eigenvalue weighted by Gasteiger charge is -2.39. The molecule has 6 rings (SSSR count). The van der Waals surface area contributed by atoms with Gasteiger partial charge in [-0.05, 0) is 54.8 Å². The van der Waals surface area contributed by atoms with Gasteiger partial charge in [0.15, 0.2) is 10.8 Å². The minimum Gasteiger partial charge on any atom is -0.406 e. The molecule has 3 heterocycles. The van der Waals surface area contributed by atoms with Crippen molar-refractivity contribution in [3.8, 4) is 11.5 Å². The molecule has 1 amide bonds. The van der Waals surface area contributed by atoms with Crippen molar-refractivity contribution in [2.45, 2.75) is 49.0 Å². The molecule has 256 valence electrons. The summed E-state index contributed by atoms with van der Waals surface area (Å²) in [5.41, 5.74) is 0.227. The van der Waals surface area contributed by atoms with Crippen LogP contribution in [0.15, 0.2) is 58.2 Å². The van der Waals surface area contributed by atoms with Crippen LogP contribution >= 0.6 is 11.3 Å². The van der Waals surface area contributed by atoms with Crippen LogP contribution in [-0.4, -0.2) is 72.0 Å². The Hall–Kier alpha value is -4.43. The summed E-state index contributed by atoms with van der Waals surface area (Å²) >= 11 is 1.02. The number of rotatable bonds is 9. The highest BCUT2D eigenvalue weighted by Gasteiger charge is 2.41. The molecule has 0 spiro atoms. The van der Waals surface area contributed by atoms with Gasteiger partial charge >= 0.3 is 12.7 Å². The lowest BCUT2D eigenvalue weighted by molar-refractivity contribution is -0.275. The number of ether oxygens (including phenoxy) is 2. The Kier molecular flexibility index (Phi) is 8.75. The van der Waals surface area contributed by atoms with E-state index in [0.717, 1.165) is 64.9 Å². The number of nitrogens with one attached hydrogen (secondary N) is 2. The van der Waals surface area contributed by atoms with Crippen LogP contribution in [-0.2, 0) is 21.4 Å². The van der Waals surface area contributed by atoms with Crippen molar-refractivity contribution in [1.82, 2.24) is 24.6 Å². The number of carbonyl (C=O) groups excluding carboxylic acids is 1. The van der Waals surface area contributed by atoms with E-state index in [1.54, 1.807) is 4.90 Å². The molecule has 0 bridgehead atoms. The molecule has 1 aliphatic carbocycles. The van der Waals surface area contributed by atoms with Gasteiger partial charge in [-0.3, -0.25) is 9.59 Å². The molecule has 12 nitrogen and oxygen atoms in total. The van der Waals surface area contributed by atoms with E-state index in [-0.39, 0.29) is 48.0 Å². The molecule has 2 aromatic heterocycles. The topological polar surface area (TPSA) is 147 Å². The minimum absolute atomic E-state index is 0.0339. The highest BCUT2D eigenvalue weighted by molar-refractivity contribution is 7.89. The minimum atomic E-state index is -4.99. The second-order valence-electron chi connectivity index (χ2n) is 10.9. The van der Waals surface area contributed by atoms with Crippen LogP contribution in [0.2, 0.25) is 0 Å². The summed E-state index contributed by atoms with van der Waals surface area (Å²) in [6, 6.07) is 6.79. The molecule has 20 heteroatoms. The fourth-order valence-corrected chi connectivity index (χ4v) is 7.54. The first-order valence-electron chi connectivity index (χ1n) is 14.2. The second kappa shape index (κ2) is 12.5. The van der Waals surface area contributed by atoms with Crippen molar-refractivity contribution in [3.63, 3.8) is 0 Å². The molecule has 1 atom stereocenters. The lowest BCUT2D eigenvalue weighted by Crippen LogP contribution is -2.60. The number of aromatic nitrogens is 3. The van der Waals surface area contributed by atoms with Crippen molar-refractivity contribution < 1.29 is 49.0 Å². The number of halogens is 6. The number of amides is 1. The van der Waals surface area contributed by atoms with E-state index in [4.69, 9.17) is 0 Å². The number of aromatic amines is 1. The number of H-pyrrole nitrogens is 1. The fraction of sp³-hybridized carbons (Fsp3) is 0.357. The van der Waals surface area contributed by atoms with E-state index in [1.165, 1.54) is 12.1 Å². The van der Waals surface area contributed by atoms with Crippen LogP contribution in [0.3, 0.4) is 0 Å². The Bertz CT molecular complexity index is 1980. The third-order valence-corrected chi connectivity index (χ3v) is 10.5. The quantitative estimate of drug-likeness (QED) is 0.243. The summed E-state index contributed by atoms with van der Waals surface area (Å²) in [5, 5.41) is 2.91. The van der Waals surface area contributed by atoms with E-state index < -0.39 is 51.1 Å². The molecule has 2 aliphatic rings. The normalized spacial score (nSPS) is 17.8. The average molecular weight is 719 g/mol. The maximum Gasteiger partial charge on any atom is 0.573 e. The predicted octanol–water partition coefficient (Wildman–Crippen LogP) is 4.25. The number of carbonyl (C=O) groups is 1. The van der Waals surface area contributed by atoms with Gasteiger partial charge in [0.1, 0.15) is 28.1 Å². The molecule has 4 aromatic rings. The monoisotopic (exact) mass is 718 g/mol. The molecule has 1 saturated heterocycles. The number of alkyl halides is 6. The number of anilines is 1. The zero-order chi connectivity index (χ0) is 34.4. The Balaban J connectivity index is 1.25. The summed E-state index contributed by atoms with van der Waals surface area (Å²) < 4.78 is 112. The van der Waals surface area contributed by atoms with Gasteiger partial charge in [-0.2, -0.15) is 9.29 Å². The Labute approximate surface area is 271 Å². The maximum atomic E-state index is 13.8. The molecule has 0 unspecified atom stereocenters. The third-order valence-electron chi connectivity index (χ3n) is 7.43. The number of fused-ring (bicyclic) bond motifs is 1. The standard InChI is InChI=1S/C28H24F6N6O6S2/c29-27(30,31)45-17-5-1-15(2-6-17)13-35-24(41)20-14-39(26-38-23-21(47-26)25(42)37-22(36-23)16-3-4-16)11-12-40(20)48(43,44)19-9-7-18(8-10-19)46-28(32,33)34/h1-2,5-10,16,20H,3-4,11-14H2,(H,35,41)(H,36,37,42)/t20-/m1/s1. The molecular weight excluding hydrogens is 694 g/mol. The van der Waals surface area contributed by atoms with Gasteiger partial charge in [-0.15, -0.1) is 26.3 Å². The van der Waals surface area contributed by atoms with Crippen molar-refractivity contribution in [2.24, 2.45) is 0 Å². The van der Waals surface area contributed by atoms with Crippen molar-refractivity contribution >= 4 is 42.7 Å². The van der Waals surface area contributed by atoms with Crippen molar-refractivity contribution in [2.75, 3.05) is 24.5 Å². The first-order chi connectivity index (χ1) is 22.6. The fourth-order valence-electron chi connectivity index (χ4n) is 5.03. The molecule has 2 N–H and O–H groups in total. The second-order valence-corrected chi connectivity index (χ2v) is 13.7. The highest BCUT2D eigenvalue weighted by atomic mass is 32.2. The zero-order valence-electron chi connectivity index (χ0n) is 24.3. The van der Waals surface area contributed by atoms with E-state index in [1.807, 2.05) is 0 Å². The lowest BCUT2D eigenvalue weighted by atomic mass is 10.1. The molecule has 1 saturated carbocycles. The van der Waals surface area contributed by atoms with Gasteiger partial charge in [0.2, 0.25) is 15.9 Å². The SMILES string of the molecule is O=C(NCc1ccc(OC(F)(F)F)cc1)[C@H]1CN(c2nc3nc(C4CC4)[nH]c(=O)c3s2)CCN1S(=O)(=O)c1ccc(OC(F)(F)F)cc1.